The number of nitrogens with zero attached hydrogens (tertiary/aromatic N) is 3. The molecule has 0 spiro atoms. The van der Waals surface area contributed by atoms with E-state index in [-0.39, 0.29) is 0 Å². The van der Waals surface area contributed by atoms with E-state index < -0.39 is 0 Å². The molecular formula is C13H25N5. The maximum atomic E-state index is 4.27. The van der Waals surface area contributed by atoms with Gasteiger partial charge in [0.2, 0.25) is 0 Å². The summed E-state index contributed by atoms with van der Waals surface area (Å²) in [4.78, 5) is 10.8. The maximum absolute atomic E-state index is 4.27. The Morgan fingerprint density at radius 3 is 2.61 bits per heavy atom. The van der Waals surface area contributed by atoms with Gasteiger partial charge in [-0.05, 0) is 27.3 Å². The molecule has 1 heterocycles. The Balaban J connectivity index is 2.49. The van der Waals surface area contributed by atoms with Gasteiger partial charge in [0.1, 0.15) is 18.0 Å². The van der Waals surface area contributed by atoms with Gasteiger partial charge >= 0.3 is 0 Å². The van der Waals surface area contributed by atoms with Crippen molar-refractivity contribution in [2.24, 2.45) is 0 Å². The lowest BCUT2D eigenvalue weighted by Crippen LogP contribution is -2.32. The van der Waals surface area contributed by atoms with E-state index in [9.17, 15) is 0 Å². The van der Waals surface area contributed by atoms with Crippen LogP contribution in [0.1, 0.15) is 25.8 Å². The molecule has 5 nitrogen and oxygen atoms in total. The second-order valence-electron chi connectivity index (χ2n) is 4.61. The highest BCUT2D eigenvalue weighted by Gasteiger charge is 2.08. The first-order valence-electron chi connectivity index (χ1n) is 6.53. The number of likely N-dealkylation sites (N-methyl/N-ethyl adjacent to an activating group) is 1. The molecule has 1 aromatic heterocycles. The zero-order valence-electron chi connectivity index (χ0n) is 12.1. The van der Waals surface area contributed by atoms with Crippen molar-refractivity contribution in [3.05, 3.63) is 11.9 Å². The summed E-state index contributed by atoms with van der Waals surface area (Å²) in [5.41, 5.74) is 1.06. The minimum Gasteiger partial charge on any atom is -0.373 e. The van der Waals surface area contributed by atoms with Crippen molar-refractivity contribution in [1.82, 2.24) is 14.9 Å². The monoisotopic (exact) mass is 251 g/mol. The molecule has 0 saturated carbocycles. The first kappa shape index (κ1) is 14.7. The van der Waals surface area contributed by atoms with Gasteiger partial charge in [0.15, 0.2) is 0 Å². The Labute approximate surface area is 110 Å². The van der Waals surface area contributed by atoms with Crippen molar-refractivity contribution in [2.75, 3.05) is 37.8 Å². The van der Waals surface area contributed by atoms with Crippen LogP contribution >= 0.6 is 0 Å². The number of nitrogens with one attached hydrogen (secondary N) is 2. The summed E-state index contributed by atoms with van der Waals surface area (Å²) in [6.07, 6.45) is 2.76. The Morgan fingerprint density at radius 2 is 2.00 bits per heavy atom. The predicted octanol–water partition coefficient (Wildman–Crippen LogP) is 1.97. The van der Waals surface area contributed by atoms with E-state index in [2.05, 4.69) is 46.4 Å². The topological polar surface area (TPSA) is 53.1 Å². The molecule has 0 amide bonds. The van der Waals surface area contributed by atoms with Gasteiger partial charge in [-0.1, -0.05) is 6.92 Å². The number of aromatic nitrogens is 2. The summed E-state index contributed by atoms with van der Waals surface area (Å²) in [7, 11) is 4.03. The highest BCUT2D eigenvalue weighted by atomic mass is 15.1. The summed E-state index contributed by atoms with van der Waals surface area (Å²) in [6, 6.07) is 0.617. The fourth-order valence-electron chi connectivity index (χ4n) is 1.76. The van der Waals surface area contributed by atoms with Gasteiger partial charge in [-0.2, -0.15) is 0 Å². The summed E-state index contributed by atoms with van der Waals surface area (Å²) in [5, 5.41) is 6.43. The van der Waals surface area contributed by atoms with E-state index in [0.29, 0.717) is 6.04 Å². The van der Waals surface area contributed by atoms with Crippen LogP contribution in [-0.4, -0.2) is 48.1 Å². The zero-order chi connectivity index (χ0) is 13.5. The van der Waals surface area contributed by atoms with Crippen molar-refractivity contribution < 1.29 is 0 Å². The second-order valence-corrected chi connectivity index (χ2v) is 4.61. The summed E-state index contributed by atoms with van der Waals surface area (Å²) in [6.45, 7) is 8.37. The molecule has 102 valence electrons. The molecule has 0 aliphatic carbocycles. The largest absolute Gasteiger partial charge is 0.373 e. The second kappa shape index (κ2) is 7.16. The third-order valence-corrected chi connectivity index (χ3v) is 3.42. The van der Waals surface area contributed by atoms with E-state index in [0.717, 1.165) is 30.3 Å². The molecule has 1 unspecified atom stereocenters. The molecule has 0 radical (unpaired) electrons. The van der Waals surface area contributed by atoms with Crippen LogP contribution < -0.4 is 10.6 Å². The molecule has 1 atom stereocenters. The molecule has 1 aromatic rings. The fourth-order valence-corrected chi connectivity index (χ4v) is 1.76. The van der Waals surface area contributed by atoms with Crippen LogP contribution in [0.5, 0.6) is 0 Å². The number of rotatable bonds is 7. The van der Waals surface area contributed by atoms with E-state index in [4.69, 9.17) is 0 Å². The van der Waals surface area contributed by atoms with Crippen molar-refractivity contribution in [3.63, 3.8) is 0 Å². The predicted molar refractivity (Wildman–Crippen MR) is 77.2 cm³/mol. The molecule has 2 N–H and O–H groups in total. The van der Waals surface area contributed by atoms with Crippen LogP contribution in [0.15, 0.2) is 6.33 Å². The third kappa shape index (κ3) is 3.84. The minimum absolute atomic E-state index is 0.617. The average Bonchev–Trinajstić information content (AvgIpc) is 2.39. The normalized spacial score (nSPS) is 12.6. The van der Waals surface area contributed by atoms with Crippen LogP contribution in [0.4, 0.5) is 11.6 Å². The van der Waals surface area contributed by atoms with E-state index in [1.54, 1.807) is 6.33 Å². The number of anilines is 2. The number of hydrogen-bond acceptors (Lipinski definition) is 5. The molecule has 0 aromatic carbocycles. The Hall–Kier alpha value is -1.36. The molecule has 0 saturated heterocycles. The van der Waals surface area contributed by atoms with Crippen molar-refractivity contribution in [2.45, 2.75) is 33.2 Å². The van der Waals surface area contributed by atoms with E-state index >= 15 is 0 Å². The first-order chi connectivity index (χ1) is 8.60. The highest BCUT2D eigenvalue weighted by molar-refractivity contribution is 5.55. The molecule has 0 bridgehead atoms. The van der Waals surface area contributed by atoms with Gasteiger partial charge in [0, 0.05) is 31.7 Å². The average molecular weight is 251 g/mol. The van der Waals surface area contributed by atoms with Crippen molar-refractivity contribution in [3.8, 4) is 0 Å². The smallest absolute Gasteiger partial charge is 0.134 e. The molecule has 18 heavy (non-hydrogen) atoms. The lowest BCUT2D eigenvalue weighted by atomic mass is 10.2. The SMILES string of the molecule is CCC(C)N(C)CCNc1ncnc(NC)c1C. The molecule has 0 aliphatic rings. The maximum Gasteiger partial charge on any atom is 0.134 e. The van der Waals surface area contributed by atoms with Crippen LogP contribution in [0.2, 0.25) is 0 Å². The van der Waals surface area contributed by atoms with Crippen LogP contribution in [0.3, 0.4) is 0 Å². The van der Waals surface area contributed by atoms with Gasteiger partial charge in [-0.3, -0.25) is 0 Å². The quantitative estimate of drug-likeness (QED) is 0.776. The van der Waals surface area contributed by atoms with Gasteiger partial charge in [0.05, 0.1) is 0 Å². The van der Waals surface area contributed by atoms with Crippen LogP contribution in [0.25, 0.3) is 0 Å². The van der Waals surface area contributed by atoms with Crippen LogP contribution in [0, 0.1) is 6.92 Å². The van der Waals surface area contributed by atoms with Gasteiger partial charge < -0.3 is 15.5 Å². The lowest BCUT2D eigenvalue weighted by Gasteiger charge is -2.23. The van der Waals surface area contributed by atoms with Crippen molar-refractivity contribution in [1.29, 1.82) is 0 Å². The zero-order valence-corrected chi connectivity index (χ0v) is 12.1. The molecule has 5 heteroatoms. The fraction of sp³-hybridized carbons (Fsp3) is 0.692. The summed E-state index contributed by atoms with van der Waals surface area (Å²) < 4.78 is 0. The molecule has 0 fully saturated rings. The Kier molecular flexibility index (Phi) is 5.85. The molecule has 0 aliphatic heterocycles. The van der Waals surface area contributed by atoms with E-state index in [1.165, 1.54) is 6.42 Å². The van der Waals surface area contributed by atoms with Gasteiger partial charge in [-0.15, -0.1) is 0 Å². The number of hydrogen-bond donors (Lipinski definition) is 2. The standard InChI is InChI=1S/C13H25N5/c1-6-10(2)18(5)8-7-15-13-11(3)12(14-4)16-9-17-13/h9-10H,6-8H2,1-5H3,(H2,14,15,16,17). The first-order valence-corrected chi connectivity index (χ1v) is 6.53. The van der Waals surface area contributed by atoms with Crippen LogP contribution in [-0.2, 0) is 0 Å². The minimum atomic E-state index is 0.617. The molecular weight excluding hydrogens is 226 g/mol. The van der Waals surface area contributed by atoms with Gasteiger partial charge in [0.25, 0.3) is 0 Å². The van der Waals surface area contributed by atoms with E-state index in [1.807, 2.05) is 14.0 Å². The summed E-state index contributed by atoms with van der Waals surface area (Å²) in [5.74, 6) is 1.79. The lowest BCUT2D eigenvalue weighted by molar-refractivity contribution is 0.261. The highest BCUT2D eigenvalue weighted by Crippen LogP contribution is 2.16. The van der Waals surface area contributed by atoms with Gasteiger partial charge in [-0.25, -0.2) is 9.97 Å². The molecule has 1 rings (SSSR count). The summed E-state index contributed by atoms with van der Waals surface area (Å²) >= 11 is 0. The van der Waals surface area contributed by atoms with Crippen molar-refractivity contribution >= 4 is 11.6 Å². The Bertz CT molecular complexity index is 366. The third-order valence-electron chi connectivity index (χ3n) is 3.42. The Morgan fingerprint density at radius 1 is 1.33 bits per heavy atom.